The quantitative estimate of drug-likeness (QED) is 0.732. The van der Waals surface area contributed by atoms with E-state index in [-0.39, 0.29) is 11.5 Å². The summed E-state index contributed by atoms with van der Waals surface area (Å²) in [7, 11) is 0. The van der Waals surface area contributed by atoms with Crippen LogP contribution < -0.4 is 10.6 Å². The molecular formula is C11H12F2N2O2. The van der Waals surface area contributed by atoms with Gasteiger partial charge in [-0.1, -0.05) is 0 Å². The van der Waals surface area contributed by atoms with Crippen LogP contribution in [0, 0.1) is 11.6 Å². The van der Waals surface area contributed by atoms with Crippen molar-refractivity contribution in [2.45, 2.75) is 12.0 Å². The minimum atomic E-state index is -1.17. The molecule has 1 aromatic carbocycles. The van der Waals surface area contributed by atoms with E-state index in [2.05, 4.69) is 10.6 Å². The molecular weight excluding hydrogens is 230 g/mol. The average Bonchev–Trinajstić information content (AvgIpc) is 2.69. The standard InChI is InChI=1S/C11H12F2N2O2/c12-6-1-2-9(13)7(3-6)8-4-14-5-10(8)15-11(16)17/h1-3,8,10,14-15H,4-5H2,(H,16,17)/t8-,10+/m1/s1. The number of halogens is 2. The molecule has 1 aliphatic heterocycles. The Labute approximate surface area is 96.6 Å². The van der Waals surface area contributed by atoms with Crippen LogP contribution in [0.25, 0.3) is 0 Å². The molecule has 1 saturated heterocycles. The van der Waals surface area contributed by atoms with Crippen molar-refractivity contribution < 1.29 is 18.7 Å². The zero-order valence-electron chi connectivity index (χ0n) is 8.91. The smallest absolute Gasteiger partial charge is 0.404 e. The molecule has 0 aromatic heterocycles. The summed E-state index contributed by atoms with van der Waals surface area (Å²) in [5.41, 5.74) is 0.203. The Morgan fingerprint density at radius 3 is 2.88 bits per heavy atom. The maximum atomic E-state index is 13.6. The van der Waals surface area contributed by atoms with E-state index in [9.17, 15) is 13.6 Å². The lowest BCUT2D eigenvalue weighted by atomic mass is 9.94. The molecule has 0 saturated carbocycles. The first-order chi connectivity index (χ1) is 8.08. The highest BCUT2D eigenvalue weighted by Crippen LogP contribution is 2.26. The Hall–Kier alpha value is -1.69. The normalized spacial score (nSPS) is 23.6. The van der Waals surface area contributed by atoms with Gasteiger partial charge in [0.25, 0.3) is 0 Å². The van der Waals surface area contributed by atoms with Crippen molar-refractivity contribution in [1.29, 1.82) is 0 Å². The minimum Gasteiger partial charge on any atom is -0.465 e. The Morgan fingerprint density at radius 2 is 2.18 bits per heavy atom. The Balaban J connectivity index is 2.25. The second-order valence-corrected chi connectivity index (χ2v) is 3.99. The van der Waals surface area contributed by atoms with Crippen molar-refractivity contribution >= 4 is 6.09 Å². The second kappa shape index (κ2) is 4.67. The fraction of sp³-hybridized carbons (Fsp3) is 0.364. The second-order valence-electron chi connectivity index (χ2n) is 3.99. The van der Waals surface area contributed by atoms with Crippen molar-refractivity contribution in [3.05, 3.63) is 35.4 Å². The molecule has 3 N–H and O–H groups in total. The third kappa shape index (κ3) is 2.52. The Kier molecular flexibility index (Phi) is 3.23. The Bertz CT molecular complexity index is 439. The number of nitrogens with one attached hydrogen (secondary N) is 2. The van der Waals surface area contributed by atoms with Crippen molar-refractivity contribution in [1.82, 2.24) is 10.6 Å². The van der Waals surface area contributed by atoms with Crippen LogP contribution in [-0.4, -0.2) is 30.3 Å². The van der Waals surface area contributed by atoms with Crippen LogP contribution in [0.1, 0.15) is 11.5 Å². The van der Waals surface area contributed by atoms with Crippen molar-refractivity contribution in [3.63, 3.8) is 0 Å². The van der Waals surface area contributed by atoms with Crippen molar-refractivity contribution in [3.8, 4) is 0 Å². The first-order valence-corrected chi connectivity index (χ1v) is 5.23. The molecule has 1 heterocycles. The fourth-order valence-corrected chi connectivity index (χ4v) is 2.11. The highest BCUT2D eigenvalue weighted by molar-refractivity contribution is 5.65. The van der Waals surface area contributed by atoms with E-state index >= 15 is 0 Å². The molecule has 1 aliphatic rings. The largest absolute Gasteiger partial charge is 0.465 e. The van der Waals surface area contributed by atoms with E-state index in [1.807, 2.05) is 0 Å². The van der Waals surface area contributed by atoms with Gasteiger partial charge in [0.2, 0.25) is 0 Å². The zero-order valence-corrected chi connectivity index (χ0v) is 8.91. The number of carboxylic acid groups (broad SMARTS) is 1. The average molecular weight is 242 g/mol. The summed E-state index contributed by atoms with van der Waals surface area (Å²) in [5.74, 6) is -1.43. The molecule has 2 atom stereocenters. The SMILES string of the molecule is O=C(O)N[C@H]1CNC[C@@H]1c1cc(F)ccc1F. The fourth-order valence-electron chi connectivity index (χ4n) is 2.11. The van der Waals surface area contributed by atoms with Crippen LogP contribution in [0.4, 0.5) is 13.6 Å². The lowest BCUT2D eigenvalue weighted by molar-refractivity contribution is 0.189. The highest BCUT2D eigenvalue weighted by atomic mass is 19.1. The van der Waals surface area contributed by atoms with Crippen molar-refractivity contribution in [2.75, 3.05) is 13.1 Å². The summed E-state index contributed by atoms with van der Waals surface area (Å²) in [6.45, 7) is 0.832. The molecule has 0 unspecified atom stereocenters. The van der Waals surface area contributed by atoms with E-state index in [4.69, 9.17) is 5.11 Å². The molecule has 1 fully saturated rings. The molecule has 2 rings (SSSR count). The van der Waals surface area contributed by atoms with E-state index in [0.29, 0.717) is 13.1 Å². The van der Waals surface area contributed by atoms with Gasteiger partial charge in [0.1, 0.15) is 11.6 Å². The number of hydrogen-bond donors (Lipinski definition) is 3. The molecule has 1 amide bonds. The third-order valence-corrected chi connectivity index (χ3v) is 2.88. The third-order valence-electron chi connectivity index (χ3n) is 2.88. The Morgan fingerprint density at radius 1 is 1.41 bits per heavy atom. The van der Waals surface area contributed by atoms with Gasteiger partial charge in [0.05, 0.1) is 6.04 Å². The van der Waals surface area contributed by atoms with Gasteiger partial charge in [-0.25, -0.2) is 13.6 Å². The van der Waals surface area contributed by atoms with Gasteiger partial charge in [-0.3, -0.25) is 0 Å². The predicted octanol–water partition coefficient (Wildman–Crippen LogP) is 1.29. The summed E-state index contributed by atoms with van der Waals surface area (Å²) in [4.78, 5) is 10.6. The van der Waals surface area contributed by atoms with Crippen molar-refractivity contribution in [2.24, 2.45) is 0 Å². The summed E-state index contributed by atoms with van der Waals surface area (Å²) in [5, 5.41) is 13.9. The summed E-state index contributed by atoms with van der Waals surface area (Å²) < 4.78 is 26.6. The van der Waals surface area contributed by atoms with Gasteiger partial charge in [-0.05, 0) is 23.8 Å². The van der Waals surface area contributed by atoms with Gasteiger partial charge >= 0.3 is 6.09 Å². The van der Waals surface area contributed by atoms with E-state index in [1.54, 1.807) is 0 Å². The van der Waals surface area contributed by atoms with Crippen LogP contribution in [0.15, 0.2) is 18.2 Å². The lowest BCUT2D eigenvalue weighted by Gasteiger charge is -2.19. The lowest BCUT2D eigenvalue weighted by Crippen LogP contribution is -2.38. The first kappa shape index (κ1) is 11.8. The molecule has 0 bridgehead atoms. The molecule has 0 spiro atoms. The van der Waals surface area contributed by atoms with E-state index < -0.39 is 23.8 Å². The van der Waals surface area contributed by atoms with Crippen LogP contribution in [0.5, 0.6) is 0 Å². The number of carbonyl (C=O) groups is 1. The summed E-state index contributed by atoms with van der Waals surface area (Å²) in [6, 6.07) is 2.77. The monoisotopic (exact) mass is 242 g/mol. The maximum Gasteiger partial charge on any atom is 0.404 e. The number of amides is 1. The van der Waals surface area contributed by atoms with Gasteiger partial charge in [0, 0.05) is 19.0 Å². The van der Waals surface area contributed by atoms with Gasteiger partial charge in [-0.15, -0.1) is 0 Å². The first-order valence-electron chi connectivity index (χ1n) is 5.23. The molecule has 0 aliphatic carbocycles. The number of rotatable bonds is 2. The molecule has 1 aromatic rings. The van der Waals surface area contributed by atoms with Gasteiger partial charge in [0.15, 0.2) is 0 Å². The number of hydrogen-bond acceptors (Lipinski definition) is 2. The van der Waals surface area contributed by atoms with E-state index in [0.717, 1.165) is 18.2 Å². The van der Waals surface area contributed by atoms with Gasteiger partial charge < -0.3 is 15.7 Å². The summed E-state index contributed by atoms with van der Waals surface area (Å²) in [6.07, 6.45) is -1.17. The molecule has 6 heteroatoms. The predicted molar refractivity (Wildman–Crippen MR) is 56.9 cm³/mol. The maximum absolute atomic E-state index is 13.6. The van der Waals surface area contributed by atoms with Crippen LogP contribution in [0.3, 0.4) is 0 Å². The van der Waals surface area contributed by atoms with Crippen LogP contribution in [-0.2, 0) is 0 Å². The zero-order chi connectivity index (χ0) is 12.4. The van der Waals surface area contributed by atoms with Crippen LogP contribution in [0.2, 0.25) is 0 Å². The van der Waals surface area contributed by atoms with Crippen LogP contribution >= 0.6 is 0 Å². The molecule has 92 valence electrons. The highest BCUT2D eigenvalue weighted by Gasteiger charge is 2.31. The van der Waals surface area contributed by atoms with E-state index in [1.165, 1.54) is 0 Å². The molecule has 4 nitrogen and oxygen atoms in total. The number of benzene rings is 1. The summed E-state index contributed by atoms with van der Waals surface area (Å²) >= 11 is 0. The molecule has 0 radical (unpaired) electrons. The minimum absolute atomic E-state index is 0.203. The topological polar surface area (TPSA) is 61.4 Å². The van der Waals surface area contributed by atoms with Gasteiger partial charge in [-0.2, -0.15) is 0 Å². The molecule has 17 heavy (non-hydrogen) atoms.